The van der Waals surface area contributed by atoms with E-state index in [0.29, 0.717) is 16.4 Å². The first-order valence-electron chi connectivity index (χ1n) is 5.89. The molecule has 0 saturated carbocycles. The first-order chi connectivity index (χ1) is 9.00. The maximum atomic E-state index is 12.7. The van der Waals surface area contributed by atoms with Gasteiger partial charge in [-0.05, 0) is 24.6 Å². The molecule has 0 amide bonds. The maximum Gasteiger partial charge on any atom is 0.256 e. The summed E-state index contributed by atoms with van der Waals surface area (Å²) in [5, 5.41) is 0.387. The number of halogens is 3. The summed E-state index contributed by atoms with van der Waals surface area (Å²) in [6.45, 7) is 5.32. The van der Waals surface area contributed by atoms with Gasteiger partial charge < -0.3 is 4.90 Å². The quantitative estimate of drug-likeness (QED) is 0.785. The first-order valence-corrected chi connectivity index (χ1v) is 6.27. The van der Waals surface area contributed by atoms with Gasteiger partial charge in [0.15, 0.2) is 0 Å². The lowest BCUT2D eigenvalue weighted by molar-refractivity contribution is 0.123. The van der Waals surface area contributed by atoms with Crippen LogP contribution >= 0.6 is 11.6 Å². The minimum absolute atomic E-state index is 0.387. The molecule has 0 fully saturated rings. The van der Waals surface area contributed by atoms with Crippen molar-refractivity contribution in [1.82, 2.24) is 4.90 Å². The fraction of sp³-hybridized carbons (Fsp3) is 0.200. The molecule has 100 valence electrons. The lowest BCUT2D eigenvalue weighted by Crippen LogP contribution is -2.28. The minimum atomic E-state index is -2.45. The van der Waals surface area contributed by atoms with E-state index in [0.717, 1.165) is 11.1 Å². The normalized spacial score (nSPS) is 15.6. The zero-order valence-electron chi connectivity index (χ0n) is 10.5. The maximum absolute atomic E-state index is 12.7. The molecule has 1 nitrogen and oxygen atoms in total. The summed E-state index contributed by atoms with van der Waals surface area (Å²) < 4.78 is 25.5. The highest BCUT2D eigenvalue weighted by atomic mass is 35.5. The van der Waals surface area contributed by atoms with Crippen molar-refractivity contribution in [2.75, 3.05) is 6.54 Å². The van der Waals surface area contributed by atoms with Gasteiger partial charge in [0.05, 0.1) is 17.3 Å². The van der Waals surface area contributed by atoms with Crippen LogP contribution in [0.5, 0.6) is 0 Å². The molecular formula is C15H14ClF2N. The molecule has 0 N–H and O–H groups in total. The zero-order chi connectivity index (χ0) is 14.0. The van der Waals surface area contributed by atoms with Crippen molar-refractivity contribution in [3.63, 3.8) is 0 Å². The first kappa shape index (κ1) is 13.8. The van der Waals surface area contributed by atoms with Crippen LogP contribution in [-0.4, -0.2) is 17.9 Å². The second kappa shape index (κ2) is 5.57. The predicted octanol–water partition coefficient (Wildman–Crippen LogP) is 4.55. The highest BCUT2D eigenvalue weighted by Gasteiger charge is 2.23. The van der Waals surface area contributed by atoms with E-state index in [9.17, 15) is 8.78 Å². The summed E-state index contributed by atoms with van der Waals surface area (Å²) in [7, 11) is 0. The molecule has 0 radical (unpaired) electrons. The number of hydrogen-bond donors (Lipinski definition) is 0. The number of benzene rings is 1. The van der Waals surface area contributed by atoms with Gasteiger partial charge in [-0.2, -0.15) is 0 Å². The smallest absolute Gasteiger partial charge is 0.256 e. The number of allylic oxidation sites excluding steroid dienone is 3. The van der Waals surface area contributed by atoms with Gasteiger partial charge in [0.1, 0.15) is 0 Å². The summed E-state index contributed by atoms with van der Waals surface area (Å²) in [4.78, 5) is 1.47. The van der Waals surface area contributed by atoms with Crippen LogP contribution in [0.25, 0.3) is 5.70 Å². The van der Waals surface area contributed by atoms with Gasteiger partial charge in [-0.15, -0.1) is 0 Å². The third-order valence-electron chi connectivity index (χ3n) is 3.02. The molecule has 0 unspecified atom stereocenters. The van der Waals surface area contributed by atoms with Gasteiger partial charge in [-0.3, -0.25) is 0 Å². The van der Waals surface area contributed by atoms with Crippen molar-refractivity contribution < 1.29 is 8.78 Å². The Morgan fingerprint density at radius 1 is 1.26 bits per heavy atom. The molecule has 0 aliphatic carbocycles. The summed E-state index contributed by atoms with van der Waals surface area (Å²) in [5.41, 5.74) is 3.03. The molecule has 19 heavy (non-hydrogen) atoms. The van der Waals surface area contributed by atoms with E-state index in [-0.39, 0.29) is 0 Å². The van der Waals surface area contributed by atoms with Crippen molar-refractivity contribution in [2.45, 2.75) is 13.3 Å². The van der Waals surface area contributed by atoms with Gasteiger partial charge in [0, 0.05) is 11.3 Å². The predicted molar refractivity (Wildman–Crippen MR) is 74.9 cm³/mol. The molecule has 0 atom stereocenters. The standard InChI is InChI=1S/C15H14ClF2N/c1-10-5-3-4-6-12(10)14-8-7-13(16)11(2)19(14)9-15(17)18/h3-8,15H,2,9H2,1H3. The van der Waals surface area contributed by atoms with Crippen LogP contribution in [0.2, 0.25) is 0 Å². The Bertz CT molecular complexity index is 561. The van der Waals surface area contributed by atoms with Crippen LogP contribution in [0, 0.1) is 6.92 Å². The molecule has 2 rings (SSSR count). The second-order valence-corrected chi connectivity index (χ2v) is 4.74. The Morgan fingerprint density at radius 3 is 2.58 bits per heavy atom. The van der Waals surface area contributed by atoms with E-state index >= 15 is 0 Å². The van der Waals surface area contributed by atoms with Gasteiger partial charge in [-0.25, -0.2) is 8.78 Å². The van der Waals surface area contributed by atoms with Crippen molar-refractivity contribution in [1.29, 1.82) is 0 Å². The average molecular weight is 282 g/mol. The Kier molecular flexibility index (Phi) is 4.05. The largest absolute Gasteiger partial charge is 0.334 e. The van der Waals surface area contributed by atoms with Crippen LogP contribution in [0.15, 0.2) is 53.7 Å². The van der Waals surface area contributed by atoms with E-state index in [4.69, 9.17) is 11.6 Å². The number of aryl methyl sites for hydroxylation is 1. The number of hydrogen-bond acceptors (Lipinski definition) is 1. The highest BCUT2D eigenvalue weighted by Crippen LogP contribution is 2.33. The Balaban J connectivity index is 2.46. The van der Waals surface area contributed by atoms with E-state index in [1.165, 1.54) is 4.90 Å². The van der Waals surface area contributed by atoms with Crippen molar-refractivity contribution in [2.24, 2.45) is 0 Å². The molecule has 1 aromatic rings. The number of nitrogens with zero attached hydrogens (tertiary/aromatic N) is 1. The summed E-state index contributed by atoms with van der Waals surface area (Å²) >= 11 is 5.97. The fourth-order valence-corrected chi connectivity index (χ4v) is 2.22. The van der Waals surface area contributed by atoms with Gasteiger partial charge in [0.2, 0.25) is 0 Å². The molecule has 1 aromatic carbocycles. The fourth-order valence-electron chi connectivity index (χ4n) is 2.05. The van der Waals surface area contributed by atoms with Crippen LogP contribution < -0.4 is 0 Å². The van der Waals surface area contributed by atoms with Crippen LogP contribution in [0.4, 0.5) is 8.78 Å². The molecule has 0 bridgehead atoms. The molecule has 4 heteroatoms. The third kappa shape index (κ3) is 2.87. The van der Waals surface area contributed by atoms with E-state index < -0.39 is 13.0 Å². The van der Waals surface area contributed by atoms with Crippen molar-refractivity contribution >= 4 is 17.3 Å². The van der Waals surface area contributed by atoms with Crippen molar-refractivity contribution in [3.05, 3.63) is 64.9 Å². The van der Waals surface area contributed by atoms with Crippen LogP contribution in [0.3, 0.4) is 0 Å². The molecule has 0 saturated heterocycles. The average Bonchev–Trinajstić information content (AvgIpc) is 2.36. The molecule has 0 spiro atoms. The Hall–Kier alpha value is -1.61. The van der Waals surface area contributed by atoms with Crippen LogP contribution in [0.1, 0.15) is 11.1 Å². The SMILES string of the molecule is C=C1C(Cl)=CC=C(c2ccccc2C)N1CC(F)F. The Morgan fingerprint density at radius 2 is 1.95 bits per heavy atom. The monoisotopic (exact) mass is 281 g/mol. The van der Waals surface area contributed by atoms with Gasteiger partial charge >= 0.3 is 0 Å². The second-order valence-electron chi connectivity index (χ2n) is 4.33. The van der Waals surface area contributed by atoms with E-state index in [1.54, 1.807) is 12.2 Å². The third-order valence-corrected chi connectivity index (χ3v) is 3.37. The van der Waals surface area contributed by atoms with Gasteiger partial charge in [-0.1, -0.05) is 42.4 Å². The molecule has 1 heterocycles. The topological polar surface area (TPSA) is 3.24 Å². The molecule has 1 aliphatic heterocycles. The summed E-state index contributed by atoms with van der Waals surface area (Å²) in [6, 6.07) is 7.64. The number of alkyl halides is 2. The van der Waals surface area contributed by atoms with Crippen LogP contribution in [-0.2, 0) is 0 Å². The zero-order valence-corrected chi connectivity index (χ0v) is 11.3. The Labute approximate surface area is 116 Å². The molecular weight excluding hydrogens is 268 g/mol. The van der Waals surface area contributed by atoms with Gasteiger partial charge in [0.25, 0.3) is 6.43 Å². The summed E-state index contributed by atoms with van der Waals surface area (Å²) in [5.74, 6) is 0. The summed E-state index contributed by atoms with van der Waals surface area (Å²) in [6.07, 6.45) is 0.988. The van der Waals surface area contributed by atoms with E-state index in [2.05, 4.69) is 6.58 Å². The van der Waals surface area contributed by atoms with E-state index in [1.807, 2.05) is 31.2 Å². The lowest BCUT2D eigenvalue weighted by atomic mass is 10.0. The molecule has 1 aliphatic rings. The highest BCUT2D eigenvalue weighted by molar-refractivity contribution is 6.32. The minimum Gasteiger partial charge on any atom is -0.334 e. The number of rotatable bonds is 3. The lowest BCUT2D eigenvalue weighted by Gasteiger charge is -2.32. The molecule has 0 aromatic heterocycles. The van der Waals surface area contributed by atoms with Crippen molar-refractivity contribution in [3.8, 4) is 0 Å².